The Morgan fingerprint density at radius 3 is 3.12 bits per heavy atom. The fourth-order valence-corrected chi connectivity index (χ4v) is 2.92. The van der Waals surface area contributed by atoms with Gasteiger partial charge in [-0.15, -0.1) is 0 Å². The standard InChI is InChI=1S/C14H19NO/c1-10-4-5-14-11(7-10)8-12(9-16-14)13-3-2-6-15-13/h4-5,7,12-13,15H,2-3,6,8-9H2,1H3. The van der Waals surface area contributed by atoms with Crippen LogP contribution in [0, 0.1) is 12.8 Å². The van der Waals surface area contributed by atoms with Crippen LogP contribution in [0.4, 0.5) is 0 Å². The predicted molar refractivity (Wildman–Crippen MR) is 64.9 cm³/mol. The minimum Gasteiger partial charge on any atom is -0.493 e. The highest BCUT2D eigenvalue weighted by Gasteiger charge is 2.29. The first-order chi connectivity index (χ1) is 7.83. The minimum absolute atomic E-state index is 0.664. The summed E-state index contributed by atoms with van der Waals surface area (Å²) in [6.07, 6.45) is 3.81. The van der Waals surface area contributed by atoms with E-state index in [1.165, 1.54) is 36.9 Å². The van der Waals surface area contributed by atoms with Gasteiger partial charge in [0.25, 0.3) is 0 Å². The van der Waals surface area contributed by atoms with Gasteiger partial charge >= 0.3 is 0 Å². The van der Waals surface area contributed by atoms with E-state index in [0.717, 1.165) is 12.4 Å². The number of nitrogens with one attached hydrogen (secondary N) is 1. The van der Waals surface area contributed by atoms with Crippen LogP contribution in [0.1, 0.15) is 24.0 Å². The van der Waals surface area contributed by atoms with Gasteiger partial charge in [-0.05, 0) is 44.4 Å². The molecule has 2 aliphatic heterocycles. The van der Waals surface area contributed by atoms with E-state index in [-0.39, 0.29) is 0 Å². The minimum atomic E-state index is 0.664. The van der Waals surface area contributed by atoms with Gasteiger partial charge < -0.3 is 10.1 Å². The van der Waals surface area contributed by atoms with Crippen LogP contribution in [0.5, 0.6) is 5.75 Å². The van der Waals surface area contributed by atoms with Crippen molar-refractivity contribution in [2.45, 2.75) is 32.2 Å². The Morgan fingerprint density at radius 2 is 2.31 bits per heavy atom. The normalized spacial score (nSPS) is 28.6. The average molecular weight is 217 g/mol. The second kappa shape index (κ2) is 4.10. The Labute approximate surface area is 97.0 Å². The number of hydrogen-bond donors (Lipinski definition) is 1. The molecule has 1 N–H and O–H groups in total. The van der Waals surface area contributed by atoms with Crippen LogP contribution in [0.3, 0.4) is 0 Å². The van der Waals surface area contributed by atoms with E-state index < -0.39 is 0 Å². The summed E-state index contributed by atoms with van der Waals surface area (Å²) < 4.78 is 5.86. The maximum atomic E-state index is 5.86. The summed E-state index contributed by atoms with van der Waals surface area (Å²) in [6, 6.07) is 7.19. The van der Waals surface area contributed by atoms with Gasteiger partial charge in [0.15, 0.2) is 0 Å². The van der Waals surface area contributed by atoms with Crippen molar-refractivity contribution >= 4 is 0 Å². The number of fused-ring (bicyclic) bond motifs is 1. The van der Waals surface area contributed by atoms with Crippen molar-refractivity contribution in [3.05, 3.63) is 29.3 Å². The SMILES string of the molecule is Cc1ccc2c(c1)CC(C1CCCN1)CO2. The Morgan fingerprint density at radius 1 is 1.38 bits per heavy atom. The molecule has 1 saturated heterocycles. The van der Waals surface area contributed by atoms with Crippen molar-refractivity contribution in [1.82, 2.24) is 5.32 Å². The van der Waals surface area contributed by atoms with Crippen molar-refractivity contribution < 1.29 is 4.74 Å². The molecule has 0 saturated carbocycles. The molecule has 16 heavy (non-hydrogen) atoms. The first-order valence-corrected chi connectivity index (χ1v) is 6.28. The van der Waals surface area contributed by atoms with E-state index in [1.807, 2.05) is 0 Å². The van der Waals surface area contributed by atoms with Crippen molar-refractivity contribution in [1.29, 1.82) is 0 Å². The first-order valence-electron chi connectivity index (χ1n) is 6.28. The Kier molecular flexibility index (Phi) is 2.60. The van der Waals surface area contributed by atoms with E-state index in [4.69, 9.17) is 4.74 Å². The third kappa shape index (κ3) is 1.82. The third-order valence-corrected chi connectivity index (χ3v) is 3.82. The Hall–Kier alpha value is -1.02. The van der Waals surface area contributed by atoms with Gasteiger partial charge in [0.1, 0.15) is 5.75 Å². The van der Waals surface area contributed by atoms with Crippen molar-refractivity contribution in [2.24, 2.45) is 5.92 Å². The summed E-state index contributed by atoms with van der Waals surface area (Å²) in [5, 5.41) is 3.59. The molecule has 0 amide bonds. The third-order valence-electron chi connectivity index (χ3n) is 3.82. The maximum absolute atomic E-state index is 5.86. The molecule has 2 heteroatoms. The molecular formula is C14H19NO. The van der Waals surface area contributed by atoms with Crippen LogP contribution in [0.25, 0.3) is 0 Å². The Bertz CT molecular complexity index is 382. The zero-order valence-corrected chi connectivity index (χ0v) is 9.83. The highest BCUT2D eigenvalue weighted by molar-refractivity contribution is 5.38. The molecule has 2 aliphatic rings. The Balaban J connectivity index is 1.79. The number of rotatable bonds is 1. The molecule has 1 aromatic carbocycles. The first kappa shape index (κ1) is 10.2. The molecule has 2 nitrogen and oxygen atoms in total. The van der Waals surface area contributed by atoms with Crippen LogP contribution >= 0.6 is 0 Å². The summed E-state index contributed by atoms with van der Waals surface area (Å²) in [4.78, 5) is 0. The van der Waals surface area contributed by atoms with Crippen molar-refractivity contribution in [3.63, 3.8) is 0 Å². The monoisotopic (exact) mass is 217 g/mol. The molecule has 2 heterocycles. The number of hydrogen-bond acceptors (Lipinski definition) is 2. The fourth-order valence-electron chi connectivity index (χ4n) is 2.92. The molecule has 2 unspecified atom stereocenters. The largest absolute Gasteiger partial charge is 0.493 e. The van der Waals surface area contributed by atoms with Gasteiger partial charge in [-0.3, -0.25) is 0 Å². The van der Waals surface area contributed by atoms with E-state index in [9.17, 15) is 0 Å². The summed E-state index contributed by atoms with van der Waals surface area (Å²) in [5.41, 5.74) is 2.73. The fraction of sp³-hybridized carbons (Fsp3) is 0.571. The van der Waals surface area contributed by atoms with Crippen molar-refractivity contribution in [2.75, 3.05) is 13.2 Å². The maximum Gasteiger partial charge on any atom is 0.122 e. The van der Waals surface area contributed by atoms with Gasteiger partial charge in [-0.1, -0.05) is 17.7 Å². The van der Waals surface area contributed by atoms with E-state index in [0.29, 0.717) is 12.0 Å². The molecule has 0 radical (unpaired) electrons. The van der Waals surface area contributed by atoms with Gasteiger partial charge in [0.05, 0.1) is 6.61 Å². The number of benzene rings is 1. The van der Waals surface area contributed by atoms with Gasteiger partial charge in [0, 0.05) is 12.0 Å². The lowest BCUT2D eigenvalue weighted by molar-refractivity contribution is 0.192. The van der Waals surface area contributed by atoms with Crippen LogP contribution in [0.15, 0.2) is 18.2 Å². The second-order valence-electron chi connectivity index (χ2n) is 5.09. The van der Waals surface area contributed by atoms with Crippen LogP contribution in [0.2, 0.25) is 0 Å². The summed E-state index contributed by atoms with van der Waals surface area (Å²) in [6.45, 7) is 4.22. The zero-order chi connectivity index (χ0) is 11.0. The van der Waals surface area contributed by atoms with E-state index in [1.54, 1.807) is 0 Å². The summed E-state index contributed by atoms with van der Waals surface area (Å²) >= 11 is 0. The molecule has 1 aromatic rings. The smallest absolute Gasteiger partial charge is 0.122 e. The highest BCUT2D eigenvalue weighted by atomic mass is 16.5. The van der Waals surface area contributed by atoms with E-state index in [2.05, 4.69) is 30.4 Å². The zero-order valence-electron chi connectivity index (χ0n) is 9.83. The number of ether oxygens (including phenoxy) is 1. The molecule has 1 fully saturated rings. The molecule has 3 rings (SSSR count). The van der Waals surface area contributed by atoms with Gasteiger partial charge in [-0.2, -0.15) is 0 Å². The number of aryl methyl sites for hydroxylation is 1. The van der Waals surface area contributed by atoms with Crippen LogP contribution in [-0.2, 0) is 6.42 Å². The summed E-state index contributed by atoms with van der Waals surface area (Å²) in [7, 11) is 0. The highest BCUT2D eigenvalue weighted by Crippen LogP contribution is 2.31. The molecule has 0 spiro atoms. The summed E-state index contributed by atoms with van der Waals surface area (Å²) in [5.74, 6) is 1.76. The topological polar surface area (TPSA) is 21.3 Å². The molecule has 86 valence electrons. The molecular weight excluding hydrogens is 198 g/mol. The van der Waals surface area contributed by atoms with Crippen LogP contribution in [-0.4, -0.2) is 19.2 Å². The average Bonchev–Trinajstić information content (AvgIpc) is 2.81. The predicted octanol–water partition coefficient (Wildman–Crippen LogP) is 2.30. The van der Waals surface area contributed by atoms with Crippen molar-refractivity contribution in [3.8, 4) is 5.75 Å². The van der Waals surface area contributed by atoms with E-state index >= 15 is 0 Å². The lowest BCUT2D eigenvalue weighted by Crippen LogP contribution is -2.37. The lowest BCUT2D eigenvalue weighted by atomic mass is 9.89. The quantitative estimate of drug-likeness (QED) is 0.779. The second-order valence-corrected chi connectivity index (χ2v) is 5.09. The molecule has 0 aromatic heterocycles. The lowest BCUT2D eigenvalue weighted by Gasteiger charge is -2.29. The van der Waals surface area contributed by atoms with Crippen LogP contribution < -0.4 is 10.1 Å². The molecule has 2 atom stereocenters. The molecule has 0 bridgehead atoms. The van der Waals surface area contributed by atoms with Gasteiger partial charge in [0.2, 0.25) is 0 Å². The van der Waals surface area contributed by atoms with Gasteiger partial charge in [-0.25, -0.2) is 0 Å². The molecule has 0 aliphatic carbocycles.